The zero-order valence-corrected chi connectivity index (χ0v) is 28.2. The fourth-order valence-corrected chi connectivity index (χ4v) is 4.93. The standard InChI is InChI=1S/2C18H34O2.2H3N/c2*1-2-3-4-5-6-7-8-9-10-11-12-13-14-15-16-17-18(19)20;;/h2*16-17H,2-15H2,1H3,(H,19,20);2*1H3/b2*17-16+;;. The van der Waals surface area contributed by atoms with Crippen LogP contribution in [0.25, 0.3) is 0 Å². The molecule has 252 valence electrons. The Balaban J connectivity index is -0.000000328. The smallest absolute Gasteiger partial charge is 0.327 e. The first-order valence-electron chi connectivity index (χ1n) is 17.3. The Labute approximate surface area is 261 Å². The quantitative estimate of drug-likeness (QED) is 0.0478. The van der Waals surface area contributed by atoms with Crippen LogP contribution in [0.1, 0.15) is 194 Å². The minimum absolute atomic E-state index is 0. The van der Waals surface area contributed by atoms with Gasteiger partial charge in [-0.15, -0.1) is 0 Å². The molecule has 0 saturated heterocycles. The molecule has 0 aromatic carbocycles. The van der Waals surface area contributed by atoms with Gasteiger partial charge in [0, 0.05) is 12.2 Å². The minimum atomic E-state index is -0.834. The molecule has 0 aliphatic heterocycles. The summed E-state index contributed by atoms with van der Waals surface area (Å²) in [5.74, 6) is -1.67. The number of carbonyl (C=O) groups is 2. The summed E-state index contributed by atoms with van der Waals surface area (Å²) < 4.78 is 0. The Hall–Kier alpha value is -1.66. The average molecular weight is 599 g/mol. The fraction of sp³-hybridized carbons (Fsp3) is 0.833. The van der Waals surface area contributed by atoms with E-state index in [-0.39, 0.29) is 12.3 Å². The van der Waals surface area contributed by atoms with Gasteiger partial charge in [-0.2, -0.15) is 0 Å². The van der Waals surface area contributed by atoms with Crippen LogP contribution in [-0.4, -0.2) is 22.2 Å². The maximum Gasteiger partial charge on any atom is 0.327 e. The summed E-state index contributed by atoms with van der Waals surface area (Å²) in [6.45, 7) is 4.53. The molecule has 6 heteroatoms. The first-order valence-corrected chi connectivity index (χ1v) is 17.3. The van der Waals surface area contributed by atoms with Crippen LogP contribution in [0.2, 0.25) is 0 Å². The van der Waals surface area contributed by atoms with Gasteiger partial charge >= 0.3 is 11.9 Å². The van der Waals surface area contributed by atoms with E-state index < -0.39 is 11.9 Å². The van der Waals surface area contributed by atoms with E-state index in [0.29, 0.717) is 0 Å². The van der Waals surface area contributed by atoms with Crippen molar-refractivity contribution in [3.63, 3.8) is 0 Å². The van der Waals surface area contributed by atoms with E-state index in [2.05, 4.69) is 13.8 Å². The molecule has 6 nitrogen and oxygen atoms in total. The highest BCUT2D eigenvalue weighted by Gasteiger charge is 1.95. The topological polar surface area (TPSA) is 145 Å². The van der Waals surface area contributed by atoms with Crippen LogP contribution in [0, 0.1) is 0 Å². The van der Waals surface area contributed by atoms with Crippen LogP contribution < -0.4 is 12.3 Å². The zero-order valence-electron chi connectivity index (χ0n) is 28.2. The lowest BCUT2D eigenvalue weighted by atomic mass is 10.0. The lowest BCUT2D eigenvalue weighted by molar-refractivity contribution is -0.132. The van der Waals surface area contributed by atoms with Crippen molar-refractivity contribution in [1.82, 2.24) is 12.3 Å². The fourth-order valence-electron chi connectivity index (χ4n) is 4.93. The van der Waals surface area contributed by atoms with Gasteiger partial charge in [0.05, 0.1) is 0 Å². The summed E-state index contributed by atoms with van der Waals surface area (Å²) in [7, 11) is 0. The molecule has 0 aliphatic carbocycles. The molecule has 0 aromatic heterocycles. The molecular weight excluding hydrogens is 524 g/mol. The Bertz CT molecular complexity index is 529. The minimum Gasteiger partial charge on any atom is -0.478 e. The van der Waals surface area contributed by atoms with Gasteiger partial charge in [-0.3, -0.25) is 0 Å². The molecule has 42 heavy (non-hydrogen) atoms. The number of carboxylic acid groups (broad SMARTS) is 2. The second-order valence-corrected chi connectivity index (χ2v) is 11.5. The summed E-state index contributed by atoms with van der Waals surface area (Å²) in [6.07, 6.45) is 43.1. The molecular formula is C36H74N2O4. The molecule has 0 bridgehead atoms. The predicted octanol–water partition coefficient (Wildman–Crippen LogP) is 12.5. The van der Waals surface area contributed by atoms with Gasteiger partial charge in [0.2, 0.25) is 0 Å². The van der Waals surface area contributed by atoms with Crippen molar-refractivity contribution in [3.05, 3.63) is 24.3 Å². The van der Waals surface area contributed by atoms with E-state index in [4.69, 9.17) is 10.2 Å². The number of hydrogen-bond acceptors (Lipinski definition) is 4. The van der Waals surface area contributed by atoms with E-state index >= 15 is 0 Å². The van der Waals surface area contributed by atoms with Gasteiger partial charge in [0.1, 0.15) is 0 Å². The monoisotopic (exact) mass is 599 g/mol. The first kappa shape index (κ1) is 47.3. The van der Waals surface area contributed by atoms with Crippen molar-refractivity contribution in [2.24, 2.45) is 0 Å². The number of carboxylic acids is 2. The summed E-state index contributed by atoms with van der Waals surface area (Å²) in [5, 5.41) is 16.9. The van der Waals surface area contributed by atoms with Crippen molar-refractivity contribution in [3.8, 4) is 0 Å². The predicted molar refractivity (Wildman–Crippen MR) is 184 cm³/mol. The Morgan fingerprint density at radius 2 is 0.571 bits per heavy atom. The third-order valence-corrected chi connectivity index (χ3v) is 7.47. The Kier molecular flexibility index (Phi) is 49.3. The third-order valence-electron chi connectivity index (χ3n) is 7.47. The lowest BCUT2D eigenvalue weighted by Gasteiger charge is -2.02. The van der Waals surface area contributed by atoms with E-state index in [1.54, 1.807) is 12.2 Å². The van der Waals surface area contributed by atoms with Gasteiger partial charge < -0.3 is 22.5 Å². The van der Waals surface area contributed by atoms with Crippen molar-refractivity contribution < 1.29 is 19.8 Å². The zero-order chi connectivity index (χ0) is 29.8. The highest BCUT2D eigenvalue weighted by Crippen LogP contribution is 2.14. The van der Waals surface area contributed by atoms with Gasteiger partial charge in [-0.1, -0.05) is 180 Å². The van der Waals surface area contributed by atoms with Gasteiger partial charge in [0.25, 0.3) is 0 Å². The van der Waals surface area contributed by atoms with Crippen molar-refractivity contribution in [2.45, 2.75) is 194 Å². The Morgan fingerprint density at radius 3 is 0.762 bits per heavy atom. The number of aliphatic carboxylic acids is 2. The van der Waals surface area contributed by atoms with Crippen LogP contribution in [-0.2, 0) is 9.59 Å². The van der Waals surface area contributed by atoms with Crippen LogP contribution in [0.5, 0.6) is 0 Å². The SMILES string of the molecule is CCCCCCCCCCCCCCC/C=C/C(=O)O.CCCCCCCCCCCCCCC/C=C/C(=O)O.N.N. The highest BCUT2D eigenvalue weighted by atomic mass is 16.4. The number of unbranched alkanes of at least 4 members (excludes halogenated alkanes) is 26. The highest BCUT2D eigenvalue weighted by molar-refractivity contribution is 5.79. The van der Waals surface area contributed by atoms with E-state index in [0.717, 1.165) is 25.7 Å². The molecule has 0 amide bonds. The van der Waals surface area contributed by atoms with Gasteiger partial charge in [-0.25, -0.2) is 9.59 Å². The number of hydrogen-bond donors (Lipinski definition) is 4. The summed E-state index contributed by atoms with van der Waals surface area (Å²) in [4.78, 5) is 20.5. The summed E-state index contributed by atoms with van der Waals surface area (Å²) in [5.41, 5.74) is 0. The van der Waals surface area contributed by atoms with Crippen LogP contribution in [0.3, 0.4) is 0 Å². The van der Waals surface area contributed by atoms with Crippen molar-refractivity contribution >= 4 is 11.9 Å². The molecule has 0 aromatic rings. The lowest BCUT2D eigenvalue weighted by Crippen LogP contribution is -1.86. The maximum absolute atomic E-state index is 10.2. The molecule has 0 atom stereocenters. The third kappa shape index (κ3) is 51.1. The molecule has 0 radical (unpaired) electrons. The van der Waals surface area contributed by atoms with Crippen molar-refractivity contribution in [2.75, 3.05) is 0 Å². The second kappa shape index (κ2) is 43.8. The van der Waals surface area contributed by atoms with E-state index in [9.17, 15) is 9.59 Å². The van der Waals surface area contributed by atoms with Gasteiger partial charge in [-0.05, 0) is 25.7 Å². The largest absolute Gasteiger partial charge is 0.478 e. The normalized spacial score (nSPS) is 10.7. The molecule has 0 heterocycles. The molecule has 8 N–H and O–H groups in total. The van der Waals surface area contributed by atoms with Crippen LogP contribution in [0.4, 0.5) is 0 Å². The molecule has 0 unspecified atom stereocenters. The molecule has 0 fully saturated rings. The maximum atomic E-state index is 10.2. The molecule has 0 rings (SSSR count). The summed E-state index contributed by atoms with van der Waals surface area (Å²) >= 11 is 0. The molecule has 0 aliphatic rings. The molecule has 0 saturated carbocycles. The summed E-state index contributed by atoms with van der Waals surface area (Å²) in [6, 6.07) is 0. The van der Waals surface area contributed by atoms with Gasteiger partial charge in [0.15, 0.2) is 0 Å². The number of allylic oxidation sites excluding steroid dienone is 2. The van der Waals surface area contributed by atoms with E-state index in [1.807, 2.05) is 0 Å². The van der Waals surface area contributed by atoms with Crippen molar-refractivity contribution in [1.29, 1.82) is 0 Å². The first-order chi connectivity index (χ1) is 19.5. The average Bonchev–Trinajstić information content (AvgIpc) is 2.93. The van der Waals surface area contributed by atoms with Crippen LogP contribution >= 0.6 is 0 Å². The van der Waals surface area contributed by atoms with Crippen LogP contribution in [0.15, 0.2) is 24.3 Å². The second-order valence-electron chi connectivity index (χ2n) is 11.5. The van der Waals surface area contributed by atoms with E-state index in [1.165, 1.54) is 166 Å². The number of rotatable bonds is 30. The Morgan fingerprint density at radius 1 is 0.381 bits per heavy atom. The molecule has 0 spiro atoms.